The molecule has 0 radical (unpaired) electrons. The van der Waals surface area contributed by atoms with Gasteiger partial charge in [0.05, 0.1) is 11.3 Å². The number of nitrogens with one attached hydrogen (secondary N) is 5. The summed E-state index contributed by atoms with van der Waals surface area (Å²) in [7, 11) is -4.15. The number of nitrogens with two attached hydrogens (primary N) is 2. The van der Waals surface area contributed by atoms with Crippen molar-refractivity contribution in [2.45, 2.75) is 83.0 Å². The van der Waals surface area contributed by atoms with Crippen molar-refractivity contribution in [3.05, 3.63) is 106 Å². The predicted molar refractivity (Wildman–Crippen MR) is 200 cm³/mol. The second kappa shape index (κ2) is 19.5. The maximum absolute atomic E-state index is 13.9. The van der Waals surface area contributed by atoms with Crippen molar-refractivity contribution >= 4 is 39.7 Å². The van der Waals surface area contributed by atoms with E-state index in [0.29, 0.717) is 24.0 Å². The lowest BCUT2D eigenvalue weighted by Crippen LogP contribution is -2.54. The van der Waals surface area contributed by atoms with Crippen LogP contribution in [0.15, 0.2) is 72.8 Å². The lowest BCUT2D eigenvalue weighted by molar-refractivity contribution is -0.130. The summed E-state index contributed by atoms with van der Waals surface area (Å²) in [5, 5.41) is 25.0. The number of aromatic carboxylic acids is 1. The number of carbonyl (C=O) groups is 4. The van der Waals surface area contributed by atoms with Crippen LogP contribution in [-0.4, -0.2) is 67.5 Å². The molecule has 0 spiro atoms. The van der Waals surface area contributed by atoms with E-state index in [1.807, 2.05) is 12.1 Å². The lowest BCUT2D eigenvalue weighted by Gasteiger charge is -2.24. The summed E-state index contributed by atoms with van der Waals surface area (Å²) in [4.78, 5) is 50.8. The van der Waals surface area contributed by atoms with Gasteiger partial charge in [-0.05, 0) is 74.4 Å². The number of carbonyl (C=O) groups excluding carboxylic acids is 3. The number of sulfonamides is 1. The summed E-state index contributed by atoms with van der Waals surface area (Å²) < 4.78 is 34.4. The van der Waals surface area contributed by atoms with Crippen molar-refractivity contribution < 1.29 is 37.4 Å². The average molecular weight is 752 g/mol. The van der Waals surface area contributed by atoms with Crippen molar-refractivity contribution in [3.8, 4) is 0 Å². The van der Waals surface area contributed by atoms with Crippen molar-refractivity contribution in [2.75, 3.05) is 6.54 Å². The van der Waals surface area contributed by atoms with Gasteiger partial charge < -0.3 is 37.3 Å². The first-order chi connectivity index (χ1) is 24.9. The number of hydrogen-bond acceptors (Lipinski definition) is 9. The molecule has 0 aliphatic carbocycles. The van der Waals surface area contributed by atoms with E-state index in [1.54, 1.807) is 57.2 Å². The first-order valence-corrected chi connectivity index (χ1v) is 18.7. The second-order valence-corrected chi connectivity index (χ2v) is 15.2. The molecule has 15 nitrogen and oxygen atoms in total. The molecular formula is C37H49N7O8S. The van der Waals surface area contributed by atoms with Gasteiger partial charge in [-0.2, -0.15) is 0 Å². The van der Waals surface area contributed by atoms with E-state index in [-0.39, 0.29) is 43.9 Å². The van der Waals surface area contributed by atoms with Gasteiger partial charge in [0.1, 0.15) is 23.5 Å². The number of hydrogen-bond donors (Lipinski definition) is 8. The Morgan fingerprint density at radius 3 is 2.06 bits per heavy atom. The molecule has 2 unspecified atom stereocenters. The van der Waals surface area contributed by atoms with Crippen molar-refractivity contribution in [1.29, 1.82) is 5.41 Å². The third-order valence-corrected chi connectivity index (χ3v) is 9.17. The van der Waals surface area contributed by atoms with E-state index < -0.39 is 57.3 Å². The van der Waals surface area contributed by atoms with E-state index >= 15 is 0 Å². The smallest absolute Gasteiger partial charge is 0.407 e. The summed E-state index contributed by atoms with van der Waals surface area (Å²) in [6.07, 6.45) is 0.195. The van der Waals surface area contributed by atoms with Crippen molar-refractivity contribution in [1.82, 2.24) is 20.7 Å². The van der Waals surface area contributed by atoms with E-state index in [9.17, 15) is 32.7 Å². The highest BCUT2D eigenvalue weighted by molar-refractivity contribution is 7.88. The SMILES string of the molecule is CC(C)(C)OC(=O)NCCCCC(NS(=O)(=O)Cc1ccc(C(=O)O)cc1)C(=O)NC(Cc1cccc(CN)c1)C(=O)NCc1ccc(C(=N)N)cc1. The summed E-state index contributed by atoms with van der Waals surface area (Å²) in [5.41, 5.74) is 13.8. The number of alkyl carbamates (subject to hydrolysis) is 1. The molecule has 3 aromatic rings. The highest BCUT2D eigenvalue weighted by Gasteiger charge is 2.29. The molecule has 0 aliphatic heterocycles. The van der Waals surface area contributed by atoms with Crippen molar-refractivity contribution in [3.63, 3.8) is 0 Å². The molecule has 3 rings (SSSR count). The zero-order valence-electron chi connectivity index (χ0n) is 30.1. The molecular weight excluding hydrogens is 703 g/mol. The van der Waals surface area contributed by atoms with Crippen LogP contribution in [0, 0.1) is 5.41 Å². The van der Waals surface area contributed by atoms with Gasteiger partial charge in [-0.3, -0.25) is 15.0 Å². The van der Waals surface area contributed by atoms with E-state index in [2.05, 4.69) is 20.7 Å². The summed E-state index contributed by atoms with van der Waals surface area (Å²) in [5.74, 6) is -3.04. The first kappa shape index (κ1) is 42.1. The Kier molecular flexibility index (Phi) is 15.5. The molecule has 3 amide bonds. The van der Waals surface area contributed by atoms with E-state index in [1.165, 1.54) is 24.3 Å². The molecule has 0 heterocycles. The van der Waals surface area contributed by atoms with Crippen LogP contribution >= 0.6 is 0 Å². The predicted octanol–water partition coefficient (Wildman–Crippen LogP) is 2.65. The molecule has 10 N–H and O–H groups in total. The monoisotopic (exact) mass is 751 g/mol. The van der Waals surface area contributed by atoms with Crippen LogP contribution in [0.2, 0.25) is 0 Å². The molecule has 286 valence electrons. The fraction of sp³-hybridized carbons (Fsp3) is 0.378. The molecule has 0 saturated heterocycles. The Morgan fingerprint density at radius 2 is 1.45 bits per heavy atom. The van der Waals surface area contributed by atoms with Crippen LogP contribution in [0.1, 0.15) is 78.2 Å². The lowest BCUT2D eigenvalue weighted by atomic mass is 10.0. The van der Waals surface area contributed by atoms with Gasteiger partial charge in [0, 0.05) is 31.6 Å². The maximum Gasteiger partial charge on any atom is 0.407 e. The third-order valence-electron chi connectivity index (χ3n) is 7.82. The van der Waals surface area contributed by atoms with Gasteiger partial charge in [-0.15, -0.1) is 0 Å². The molecule has 0 bridgehead atoms. The largest absolute Gasteiger partial charge is 0.478 e. The minimum Gasteiger partial charge on any atom is -0.478 e. The number of ether oxygens (including phenoxy) is 1. The number of rotatable bonds is 19. The quantitative estimate of drug-likeness (QED) is 0.0505. The van der Waals surface area contributed by atoms with E-state index in [4.69, 9.17) is 21.6 Å². The third kappa shape index (κ3) is 15.1. The van der Waals surface area contributed by atoms with E-state index in [0.717, 1.165) is 16.7 Å². The normalized spacial score (nSPS) is 12.6. The molecule has 2 atom stereocenters. The van der Waals surface area contributed by atoms with Gasteiger partial charge in [0.2, 0.25) is 21.8 Å². The Balaban J connectivity index is 1.80. The highest BCUT2D eigenvalue weighted by atomic mass is 32.2. The molecule has 53 heavy (non-hydrogen) atoms. The summed E-state index contributed by atoms with van der Waals surface area (Å²) >= 11 is 0. The zero-order chi connectivity index (χ0) is 39.2. The molecule has 16 heteroatoms. The topological polar surface area (TPSA) is 256 Å². The van der Waals surface area contributed by atoms with Gasteiger partial charge in [0.25, 0.3) is 0 Å². The maximum atomic E-state index is 13.9. The fourth-order valence-corrected chi connectivity index (χ4v) is 6.53. The number of benzene rings is 3. The molecule has 0 fully saturated rings. The summed E-state index contributed by atoms with van der Waals surface area (Å²) in [6, 6.07) is 16.9. The van der Waals surface area contributed by atoms with Crippen LogP contribution in [0.25, 0.3) is 0 Å². The molecule has 0 saturated carbocycles. The molecule has 0 aromatic heterocycles. The Hall–Kier alpha value is -5.32. The van der Waals surface area contributed by atoms with Gasteiger partial charge in [-0.1, -0.05) is 60.7 Å². The zero-order valence-corrected chi connectivity index (χ0v) is 30.9. The van der Waals surface area contributed by atoms with Gasteiger partial charge in [-0.25, -0.2) is 22.7 Å². The summed E-state index contributed by atoms with van der Waals surface area (Å²) in [6.45, 7) is 5.78. The molecule has 0 aliphatic rings. The number of carboxylic acids is 1. The number of carboxylic acid groups (broad SMARTS) is 1. The Bertz CT molecular complexity index is 1840. The Morgan fingerprint density at radius 1 is 0.830 bits per heavy atom. The van der Waals surface area contributed by atoms with Crippen LogP contribution in [0.4, 0.5) is 4.79 Å². The minimum absolute atomic E-state index is 0.00857. The van der Waals surface area contributed by atoms with Crippen LogP contribution in [0.5, 0.6) is 0 Å². The van der Waals surface area contributed by atoms with Gasteiger partial charge in [0.15, 0.2) is 0 Å². The molecule has 3 aromatic carbocycles. The highest BCUT2D eigenvalue weighted by Crippen LogP contribution is 2.13. The average Bonchev–Trinajstić information content (AvgIpc) is 3.09. The van der Waals surface area contributed by atoms with Gasteiger partial charge >= 0.3 is 12.1 Å². The van der Waals surface area contributed by atoms with Crippen molar-refractivity contribution in [2.24, 2.45) is 11.5 Å². The number of nitrogen functional groups attached to an aromatic ring is 1. The second-order valence-electron chi connectivity index (χ2n) is 13.5. The Labute approximate surface area is 309 Å². The number of amides is 3. The van der Waals surface area contributed by atoms with Crippen LogP contribution in [0.3, 0.4) is 0 Å². The fourth-order valence-electron chi connectivity index (χ4n) is 5.16. The number of amidine groups is 1. The standard InChI is InChI=1S/C37H49N7O8S/c1-37(2,3)52-36(49)41-18-5-4-9-30(44-53(50,51)23-25-12-16-29(17-13-25)35(47)48)34(46)43-31(20-26-7-6-8-27(19-26)21-38)33(45)42-22-24-10-14-28(15-11-24)32(39)40/h6-8,10-17,19,30-31,44H,4-5,9,18,20-23,38H2,1-3H3,(H3,39,40)(H,41,49)(H,42,45)(H,43,46)(H,47,48). The van der Waals surface area contributed by atoms with Crippen LogP contribution in [-0.2, 0) is 49.6 Å². The minimum atomic E-state index is -4.15. The first-order valence-electron chi connectivity index (χ1n) is 17.0. The number of unbranched alkanes of at least 4 members (excludes halogenated alkanes) is 1. The van der Waals surface area contributed by atoms with Crippen LogP contribution < -0.4 is 32.1 Å².